The zero-order valence-electron chi connectivity index (χ0n) is 17.8. The van der Waals surface area contributed by atoms with Gasteiger partial charge < -0.3 is 11.1 Å². The summed E-state index contributed by atoms with van der Waals surface area (Å²) in [6, 6.07) is 8.77. The van der Waals surface area contributed by atoms with Crippen LogP contribution in [0.15, 0.2) is 42.5 Å². The molecule has 35 heavy (non-hydrogen) atoms. The average Bonchev–Trinajstić information content (AvgIpc) is 3.63. The van der Waals surface area contributed by atoms with E-state index >= 15 is 8.78 Å². The number of nitrogens with one attached hydrogen (secondary N) is 2. The molecule has 3 aromatic rings. The van der Waals surface area contributed by atoms with Crippen molar-refractivity contribution < 1.29 is 30.8 Å². The first kappa shape index (κ1) is 25.2. The van der Waals surface area contributed by atoms with Gasteiger partial charge in [-0.05, 0) is 76.9 Å². The van der Waals surface area contributed by atoms with Gasteiger partial charge in [0.2, 0.25) is 10.0 Å². The standard InChI is InChI=1S/C23H18F4IN3O3S/c24-16-10-13(28)4-7-17(16)30-22-15(23(29)32)9-12(20(26)21(22)27)8-11-2-1-3-18(19(11)25)31-35(33,34)14-5-6-14/h1-4,7,9-10,14,30-31H,5-6,8H2,(H2,29,32). The van der Waals surface area contributed by atoms with Crippen LogP contribution in [0.2, 0.25) is 0 Å². The predicted molar refractivity (Wildman–Crippen MR) is 132 cm³/mol. The van der Waals surface area contributed by atoms with E-state index in [-0.39, 0.29) is 16.9 Å². The summed E-state index contributed by atoms with van der Waals surface area (Å²) in [4.78, 5) is 12.0. The second kappa shape index (κ2) is 9.64. The van der Waals surface area contributed by atoms with Crippen molar-refractivity contribution in [3.63, 3.8) is 0 Å². The SMILES string of the molecule is NC(=O)c1cc(Cc2cccc(NS(=O)(=O)C3CC3)c2F)c(F)c(F)c1Nc1ccc(I)cc1F. The van der Waals surface area contributed by atoms with Crippen molar-refractivity contribution >= 4 is 55.6 Å². The lowest BCUT2D eigenvalue weighted by Crippen LogP contribution is -2.19. The molecule has 1 fully saturated rings. The van der Waals surface area contributed by atoms with Gasteiger partial charge in [0, 0.05) is 9.99 Å². The number of benzene rings is 3. The Morgan fingerprint density at radius 1 is 0.971 bits per heavy atom. The van der Waals surface area contributed by atoms with Gasteiger partial charge in [-0.25, -0.2) is 26.0 Å². The van der Waals surface area contributed by atoms with Gasteiger partial charge in [0.05, 0.1) is 27.9 Å². The molecule has 3 aromatic carbocycles. The number of anilines is 3. The Kier molecular flexibility index (Phi) is 6.95. The molecule has 0 heterocycles. The van der Waals surface area contributed by atoms with E-state index in [0.29, 0.717) is 16.4 Å². The molecule has 0 saturated heterocycles. The molecule has 12 heteroatoms. The molecule has 0 atom stereocenters. The molecule has 184 valence electrons. The summed E-state index contributed by atoms with van der Waals surface area (Å²) in [6.07, 6.45) is 0.444. The Morgan fingerprint density at radius 2 is 1.69 bits per heavy atom. The first-order valence-electron chi connectivity index (χ1n) is 10.3. The number of sulfonamides is 1. The molecule has 4 N–H and O–H groups in total. The van der Waals surface area contributed by atoms with Gasteiger partial charge in [-0.3, -0.25) is 9.52 Å². The zero-order chi connectivity index (χ0) is 25.5. The molecule has 0 radical (unpaired) electrons. The lowest BCUT2D eigenvalue weighted by molar-refractivity contribution is 0.100. The van der Waals surface area contributed by atoms with E-state index in [1.165, 1.54) is 30.3 Å². The Hall–Kier alpha value is -2.87. The van der Waals surface area contributed by atoms with Crippen LogP contribution >= 0.6 is 22.6 Å². The molecule has 1 aliphatic carbocycles. The van der Waals surface area contributed by atoms with Gasteiger partial charge in [0.15, 0.2) is 17.5 Å². The fraction of sp³-hybridized carbons (Fsp3) is 0.174. The maximum atomic E-state index is 15.0. The van der Waals surface area contributed by atoms with Crippen molar-refractivity contribution in [1.82, 2.24) is 0 Å². The van der Waals surface area contributed by atoms with E-state index in [4.69, 9.17) is 5.73 Å². The first-order chi connectivity index (χ1) is 16.5. The highest BCUT2D eigenvalue weighted by atomic mass is 127. The third kappa shape index (κ3) is 5.37. The maximum Gasteiger partial charge on any atom is 0.250 e. The zero-order valence-corrected chi connectivity index (χ0v) is 20.8. The summed E-state index contributed by atoms with van der Waals surface area (Å²) in [5.41, 5.74) is 3.16. The van der Waals surface area contributed by atoms with Crippen LogP contribution in [-0.4, -0.2) is 19.6 Å². The average molecular weight is 619 g/mol. The highest BCUT2D eigenvalue weighted by Gasteiger charge is 2.36. The molecule has 0 bridgehead atoms. The first-order valence-corrected chi connectivity index (χ1v) is 12.9. The molecule has 4 rings (SSSR count). The summed E-state index contributed by atoms with van der Waals surface area (Å²) in [7, 11) is -3.75. The van der Waals surface area contributed by atoms with Crippen molar-refractivity contribution in [2.45, 2.75) is 24.5 Å². The fourth-order valence-electron chi connectivity index (χ4n) is 3.46. The minimum Gasteiger partial charge on any atom is -0.366 e. The largest absolute Gasteiger partial charge is 0.366 e. The Balaban J connectivity index is 1.70. The van der Waals surface area contributed by atoms with Gasteiger partial charge in [0.25, 0.3) is 5.91 Å². The number of amides is 1. The summed E-state index contributed by atoms with van der Waals surface area (Å²) in [5.74, 6) is -5.74. The van der Waals surface area contributed by atoms with Crippen LogP contribution in [0.1, 0.15) is 34.3 Å². The molecule has 0 aromatic heterocycles. The molecule has 1 amide bonds. The van der Waals surface area contributed by atoms with Crippen LogP contribution in [0.5, 0.6) is 0 Å². The van der Waals surface area contributed by atoms with Crippen LogP contribution in [0.3, 0.4) is 0 Å². The van der Waals surface area contributed by atoms with Crippen molar-refractivity contribution in [3.8, 4) is 0 Å². The van der Waals surface area contributed by atoms with Gasteiger partial charge in [-0.15, -0.1) is 0 Å². The second-order valence-corrected chi connectivity index (χ2v) is 11.2. The van der Waals surface area contributed by atoms with Crippen LogP contribution < -0.4 is 15.8 Å². The number of primary amides is 1. The fourth-order valence-corrected chi connectivity index (χ4v) is 5.31. The third-order valence-corrected chi connectivity index (χ3v) is 7.94. The van der Waals surface area contributed by atoms with Gasteiger partial charge in [-0.2, -0.15) is 0 Å². The van der Waals surface area contributed by atoms with E-state index in [9.17, 15) is 22.0 Å². The third-order valence-electron chi connectivity index (χ3n) is 5.41. The smallest absolute Gasteiger partial charge is 0.250 e. The molecule has 6 nitrogen and oxygen atoms in total. The van der Waals surface area contributed by atoms with Crippen LogP contribution in [0.25, 0.3) is 0 Å². The van der Waals surface area contributed by atoms with Gasteiger partial charge >= 0.3 is 0 Å². The van der Waals surface area contributed by atoms with E-state index in [1.807, 2.05) is 22.6 Å². The second-order valence-electron chi connectivity index (χ2n) is 8.00. The van der Waals surface area contributed by atoms with Crippen molar-refractivity contribution in [2.24, 2.45) is 5.73 Å². The van der Waals surface area contributed by atoms with Crippen molar-refractivity contribution in [3.05, 3.63) is 86.0 Å². The summed E-state index contributed by atoms with van der Waals surface area (Å²) in [6.45, 7) is 0. The lowest BCUT2D eigenvalue weighted by Gasteiger charge is -2.16. The minimum absolute atomic E-state index is 0.140. The normalized spacial score (nSPS) is 13.5. The van der Waals surface area contributed by atoms with Crippen LogP contribution in [0.4, 0.5) is 34.6 Å². The predicted octanol–water partition coefficient (Wildman–Crippen LogP) is 5.19. The van der Waals surface area contributed by atoms with Gasteiger partial charge in [-0.1, -0.05) is 12.1 Å². The molecule has 0 unspecified atom stereocenters. The monoisotopic (exact) mass is 619 g/mol. The molecule has 1 saturated carbocycles. The summed E-state index contributed by atoms with van der Waals surface area (Å²) >= 11 is 1.87. The number of hydrogen-bond donors (Lipinski definition) is 3. The minimum atomic E-state index is -3.75. The summed E-state index contributed by atoms with van der Waals surface area (Å²) in [5, 5.41) is 1.78. The lowest BCUT2D eigenvalue weighted by atomic mass is 9.99. The van der Waals surface area contributed by atoms with Crippen molar-refractivity contribution in [2.75, 3.05) is 10.0 Å². The van der Waals surface area contributed by atoms with E-state index < -0.39 is 67.7 Å². The number of hydrogen-bond acceptors (Lipinski definition) is 4. The Bertz CT molecular complexity index is 1450. The number of carbonyl (C=O) groups excluding carboxylic acids is 1. The Morgan fingerprint density at radius 3 is 2.31 bits per heavy atom. The van der Waals surface area contributed by atoms with E-state index in [1.54, 1.807) is 0 Å². The Labute approximate surface area is 212 Å². The quantitative estimate of drug-likeness (QED) is 0.239. The van der Waals surface area contributed by atoms with Crippen LogP contribution in [-0.2, 0) is 16.4 Å². The van der Waals surface area contributed by atoms with Gasteiger partial charge in [0.1, 0.15) is 5.82 Å². The topological polar surface area (TPSA) is 101 Å². The molecular weight excluding hydrogens is 601 g/mol. The number of carbonyl (C=O) groups is 1. The number of nitrogens with two attached hydrogens (primary N) is 1. The number of rotatable bonds is 8. The van der Waals surface area contributed by atoms with Crippen molar-refractivity contribution in [1.29, 1.82) is 0 Å². The van der Waals surface area contributed by atoms with E-state index in [0.717, 1.165) is 12.1 Å². The number of halogens is 5. The highest BCUT2D eigenvalue weighted by Crippen LogP contribution is 2.33. The molecule has 0 aliphatic heterocycles. The summed E-state index contributed by atoms with van der Waals surface area (Å²) < 4.78 is 86.3. The maximum absolute atomic E-state index is 15.0. The van der Waals surface area contributed by atoms with Crippen LogP contribution in [0, 0.1) is 26.8 Å². The van der Waals surface area contributed by atoms with E-state index in [2.05, 4.69) is 10.0 Å². The highest BCUT2D eigenvalue weighted by molar-refractivity contribution is 14.1. The molecule has 0 spiro atoms. The molecular formula is C23H18F4IN3O3S. The molecule has 1 aliphatic rings.